The second-order valence-corrected chi connectivity index (χ2v) is 5.75. The van der Waals surface area contributed by atoms with Crippen molar-refractivity contribution in [3.05, 3.63) is 48.3 Å². The van der Waals surface area contributed by atoms with E-state index in [1.165, 1.54) is 0 Å². The van der Waals surface area contributed by atoms with Crippen LogP contribution < -0.4 is 15.4 Å². The van der Waals surface area contributed by atoms with E-state index in [1.807, 2.05) is 42.3 Å². The predicted octanol–water partition coefficient (Wildman–Crippen LogP) is 2.49. The average Bonchev–Trinajstić information content (AvgIpc) is 2.68. The van der Waals surface area contributed by atoms with E-state index in [4.69, 9.17) is 4.74 Å². The van der Waals surface area contributed by atoms with Gasteiger partial charge in [-0.2, -0.15) is 13.2 Å². The Balaban J connectivity index is 1.71. The molecule has 7 nitrogen and oxygen atoms in total. The van der Waals surface area contributed by atoms with Gasteiger partial charge >= 0.3 is 6.18 Å². The number of hydrogen-bond acceptors (Lipinski definition) is 5. The van der Waals surface area contributed by atoms with E-state index in [2.05, 4.69) is 25.6 Å². The van der Waals surface area contributed by atoms with Gasteiger partial charge in [0.25, 0.3) is 0 Å². The molecule has 2 aromatic rings. The lowest BCUT2D eigenvalue weighted by Gasteiger charge is -2.22. The predicted molar refractivity (Wildman–Crippen MR) is 101 cm³/mol. The third kappa shape index (κ3) is 6.93. The first-order valence-electron chi connectivity index (χ1n) is 8.64. The van der Waals surface area contributed by atoms with Crippen LogP contribution in [0.1, 0.15) is 5.69 Å². The zero-order chi connectivity index (χ0) is 20.4. The normalized spacial score (nSPS) is 11.8. The van der Waals surface area contributed by atoms with E-state index in [-0.39, 0.29) is 5.95 Å². The summed E-state index contributed by atoms with van der Waals surface area (Å²) in [4.78, 5) is 13.3. The van der Waals surface area contributed by atoms with Crippen molar-refractivity contribution in [2.75, 3.05) is 45.7 Å². The SMILES string of the molecule is CN=C(NCCNc1nccc(C(F)(F)F)n1)N(C)CCOc1ccccc1. The van der Waals surface area contributed by atoms with Crippen molar-refractivity contribution < 1.29 is 17.9 Å². The number of halogens is 3. The summed E-state index contributed by atoms with van der Waals surface area (Å²) in [7, 11) is 3.52. The van der Waals surface area contributed by atoms with Gasteiger partial charge in [-0.15, -0.1) is 0 Å². The quantitative estimate of drug-likeness (QED) is 0.406. The molecule has 0 unspecified atom stereocenters. The fourth-order valence-corrected chi connectivity index (χ4v) is 2.26. The molecule has 0 saturated heterocycles. The van der Waals surface area contributed by atoms with Crippen LogP contribution >= 0.6 is 0 Å². The van der Waals surface area contributed by atoms with E-state index in [0.29, 0.717) is 32.2 Å². The minimum atomic E-state index is -4.50. The zero-order valence-corrected chi connectivity index (χ0v) is 15.7. The highest BCUT2D eigenvalue weighted by atomic mass is 19.4. The lowest BCUT2D eigenvalue weighted by Crippen LogP contribution is -2.42. The maximum Gasteiger partial charge on any atom is 0.433 e. The van der Waals surface area contributed by atoms with Gasteiger partial charge in [0.15, 0.2) is 5.96 Å². The highest BCUT2D eigenvalue weighted by Gasteiger charge is 2.32. The molecular weight excluding hydrogens is 373 g/mol. The minimum Gasteiger partial charge on any atom is -0.492 e. The Morgan fingerprint density at radius 3 is 2.61 bits per heavy atom. The molecule has 1 aromatic heterocycles. The number of para-hydroxylation sites is 1. The number of guanidine groups is 1. The number of benzene rings is 1. The monoisotopic (exact) mass is 396 g/mol. The van der Waals surface area contributed by atoms with Crippen LogP contribution in [0.25, 0.3) is 0 Å². The molecule has 2 N–H and O–H groups in total. The van der Waals surface area contributed by atoms with Crippen molar-refractivity contribution in [1.29, 1.82) is 0 Å². The second-order valence-electron chi connectivity index (χ2n) is 5.75. The Hall–Kier alpha value is -3.04. The molecule has 0 aliphatic rings. The fourth-order valence-electron chi connectivity index (χ4n) is 2.26. The molecule has 0 aliphatic heterocycles. The lowest BCUT2D eigenvalue weighted by molar-refractivity contribution is -0.141. The topological polar surface area (TPSA) is 74.7 Å². The van der Waals surface area contributed by atoms with Gasteiger partial charge in [-0.05, 0) is 18.2 Å². The molecule has 0 atom stereocenters. The largest absolute Gasteiger partial charge is 0.492 e. The van der Waals surface area contributed by atoms with E-state index in [9.17, 15) is 13.2 Å². The van der Waals surface area contributed by atoms with Crippen molar-refractivity contribution in [2.24, 2.45) is 4.99 Å². The van der Waals surface area contributed by atoms with Crippen LogP contribution in [0.5, 0.6) is 5.75 Å². The molecule has 0 bridgehead atoms. The molecule has 0 aliphatic carbocycles. The highest BCUT2D eigenvalue weighted by Crippen LogP contribution is 2.27. The summed E-state index contributed by atoms with van der Waals surface area (Å²) in [6, 6.07) is 10.3. The number of nitrogens with one attached hydrogen (secondary N) is 2. The Morgan fingerprint density at radius 1 is 1.18 bits per heavy atom. The Morgan fingerprint density at radius 2 is 1.93 bits per heavy atom. The number of alkyl halides is 3. The van der Waals surface area contributed by atoms with Gasteiger partial charge in [-0.1, -0.05) is 18.2 Å². The Bertz CT molecular complexity index is 754. The van der Waals surface area contributed by atoms with Crippen LogP contribution in [0, 0.1) is 0 Å². The van der Waals surface area contributed by atoms with E-state index in [1.54, 1.807) is 7.05 Å². The summed E-state index contributed by atoms with van der Waals surface area (Å²) in [5.74, 6) is 1.36. The maximum atomic E-state index is 12.6. The second kappa shape index (κ2) is 10.3. The first-order chi connectivity index (χ1) is 13.4. The highest BCUT2D eigenvalue weighted by molar-refractivity contribution is 5.79. The van der Waals surface area contributed by atoms with E-state index in [0.717, 1.165) is 18.0 Å². The molecule has 0 fully saturated rings. The van der Waals surface area contributed by atoms with Crippen molar-refractivity contribution in [3.8, 4) is 5.75 Å². The standard InChI is InChI=1S/C18H23F3N6O/c1-22-17(27(2)12-13-28-14-6-4-3-5-7-14)25-11-10-24-16-23-9-8-15(26-16)18(19,20)21/h3-9H,10-13H2,1-2H3,(H,22,25)(H,23,24,26). The van der Waals surface area contributed by atoms with E-state index < -0.39 is 11.9 Å². The van der Waals surface area contributed by atoms with Gasteiger partial charge in [0.1, 0.15) is 18.1 Å². The summed E-state index contributed by atoms with van der Waals surface area (Å²) >= 11 is 0. The fraction of sp³-hybridized carbons (Fsp3) is 0.389. The molecule has 10 heteroatoms. The molecule has 0 spiro atoms. The average molecular weight is 396 g/mol. The summed E-state index contributed by atoms with van der Waals surface area (Å²) in [6.45, 7) is 1.85. The van der Waals surface area contributed by atoms with Gasteiger partial charge in [-0.25, -0.2) is 9.97 Å². The molecule has 2 rings (SSSR count). The smallest absolute Gasteiger partial charge is 0.433 e. The molecule has 152 valence electrons. The van der Waals surface area contributed by atoms with Gasteiger partial charge in [0.05, 0.1) is 6.54 Å². The number of anilines is 1. The number of aromatic nitrogens is 2. The van der Waals surface area contributed by atoms with Crippen LogP contribution in [0.4, 0.5) is 19.1 Å². The Labute approximate surface area is 161 Å². The molecule has 28 heavy (non-hydrogen) atoms. The zero-order valence-electron chi connectivity index (χ0n) is 15.7. The van der Waals surface area contributed by atoms with Crippen LogP contribution in [0.15, 0.2) is 47.6 Å². The van der Waals surface area contributed by atoms with Crippen molar-refractivity contribution in [3.63, 3.8) is 0 Å². The third-order valence-electron chi connectivity index (χ3n) is 3.65. The van der Waals surface area contributed by atoms with Gasteiger partial charge in [0, 0.05) is 33.4 Å². The van der Waals surface area contributed by atoms with Gasteiger partial charge < -0.3 is 20.3 Å². The van der Waals surface area contributed by atoms with Crippen LogP contribution in [-0.2, 0) is 6.18 Å². The number of nitrogens with zero attached hydrogens (tertiary/aromatic N) is 4. The first-order valence-corrected chi connectivity index (χ1v) is 8.64. The van der Waals surface area contributed by atoms with Crippen molar-refractivity contribution in [2.45, 2.75) is 6.18 Å². The lowest BCUT2D eigenvalue weighted by atomic mass is 10.3. The number of ether oxygens (including phenoxy) is 1. The number of aliphatic imine (C=N–C) groups is 1. The van der Waals surface area contributed by atoms with Crippen LogP contribution in [-0.4, -0.2) is 61.2 Å². The van der Waals surface area contributed by atoms with Crippen molar-refractivity contribution in [1.82, 2.24) is 20.2 Å². The summed E-state index contributed by atoms with van der Waals surface area (Å²) < 4.78 is 43.6. The summed E-state index contributed by atoms with van der Waals surface area (Å²) in [5, 5.41) is 5.87. The molecule has 0 amide bonds. The number of hydrogen-bond donors (Lipinski definition) is 2. The first kappa shape index (κ1) is 21.3. The molecule has 0 radical (unpaired) electrons. The van der Waals surface area contributed by atoms with Crippen molar-refractivity contribution >= 4 is 11.9 Å². The minimum absolute atomic E-state index is 0.0729. The van der Waals surface area contributed by atoms with Gasteiger partial charge in [-0.3, -0.25) is 4.99 Å². The number of rotatable bonds is 8. The maximum absolute atomic E-state index is 12.6. The van der Waals surface area contributed by atoms with Crippen LogP contribution in [0.2, 0.25) is 0 Å². The summed E-state index contributed by atoms with van der Waals surface area (Å²) in [6.07, 6.45) is -3.42. The van der Waals surface area contributed by atoms with Gasteiger partial charge in [0.2, 0.25) is 5.95 Å². The summed E-state index contributed by atoms with van der Waals surface area (Å²) in [5.41, 5.74) is -0.980. The van der Waals surface area contributed by atoms with E-state index >= 15 is 0 Å². The molecule has 1 heterocycles. The Kier molecular flexibility index (Phi) is 7.85. The molecular formula is C18H23F3N6O. The molecule has 1 aromatic carbocycles. The third-order valence-corrected chi connectivity index (χ3v) is 3.65. The number of likely N-dealkylation sites (N-methyl/N-ethyl adjacent to an activating group) is 1. The van der Waals surface area contributed by atoms with Crippen LogP contribution in [0.3, 0.4) is 0 Å². The molecule has 0 saturated carbocycles.